The summed E-state index contributed by atoms with van der Waals surface area (Å²) in [6.07, 6.45) is 5.41. The van der Waals surface area contributed by atoms with E-state index in [2.05, 4.69) is 36.2 Å². The largest absolute Gasteiger partial charge is 0.335 e. The molecule has 0 bridgehead atoms. The maximum Gasteiger partial charge on any atom is 0.317 e. The second-order valence-corrected chi connectivity index (χ2v) is 7.72. The molecule has 7 nitrogen and oxygen atoms in total. The van der Waals surface area contributed by atoms with Crippen LogP contribution in [0.5, 0.6) is 0 Å². The quantitative estimate of drug-likeness (QED) is 0.662. The summed E-state index contributed by atoms with van der Waals surface area (Å²) in [6.45, 7) is 9.42. The highest BCUT2D eigenvalue weighted by molar-refractivity contribution is 5.74. The van der Waals surface area contributed by atoms with Crippen molar-refractivity contribution in [2.24, 2.45) is 0 Å². The number of benzene rings is 1. The lowest BCUT2D eigenvalue weighted by molar-refractivity contribution is 0.201. The smallest absolute Gasteiger partial charge is 0.317 e. The van der Waals surface area contributed by atoms with Crippen LogP contribution in [-0.2, 0) is 13.1 Å². The fourth-order valence-corrected chi connectivity index (χ4v) is 3.52. The van der Waals surface area contributed by atoms with Crippen LogP contribution in [0.2, 0.25) is 0 Å². The van der Waals surface area contributed by atoms with E-state index in [1.807, 2.05) is 59.7 Å². The maximum absolute atomic E-state index is 13.0. The second-order valence-electron chi connectivity index (χ2n) is 7.72. The van der Waals surface area contributed by atoms with Crippen LogP contribution in [0.15, 0.2) is 49.1 Å². The van der Waals surface area contributed by atoms with Gasteiger partial charge in [0.15, 0.2) is 0 Å². The summed E-state index contributed by atoms with van der Waals surface area (Å²) in [5.74, 6) is 0. The van der Waals surface area contributed by atoms with Crippen molar-refractivity contribution >= 4 is 6.03 Å². The first-order valence-electron chi connectivity index (χ1n) is 9.93. The number of aromatic nitrogens is 4. The highest BCUT2D eigenvalue weighted by Crippen LogP contribution is 2.20. The van der Waals surface area contributed by atoms with Gasteiger partial charge in [0.25, 0.3) is 0 Å². The molecule has 2 heterocycles. The van der Waals surface area contributed by atoms with E-state index in [-0.39, 0.29) is 12.1 Å². The van der Waals surface area contributed by atoms with Crippen molar-refractivity contribution in [3.63, 3.8) is 0 Å². The monoisotopic (exact) mass is 394 g/mol. The molecule has 0 saturated heterocycles. The molecular weight excluding hydrogens is 364 g/mol. The third-order valence-electron chi connectivity index (χ3n) is 5.16. The number of urea groups is 1. The van der Waals surface area contributed by atoms with Crippen molar-refractivity contribution in [3.05, 3.63) is 71.6 Å². The van der Waals surface area contributed by atoms with Crippen LogP contribution in [0.4, 0.5) is 4.79 Å². The molecule has 7 heteroatoms. The minimum atomic E-state index is -0.152. The molecule has 0 spiro atoms. The fraction of sp³-hybridized carbons (Fsp3) is 0.409. The predicted octanol–water partition coefficient (Wildman–Crippen LogP) is 3.86. The van der Waals surface area contributed by atoms with Gasteiger partial charge in [-0.15, -0.1) is 0 Å². The number of carbonyl (C=O) groups excluding carboxylic acids is 1. The summed E-state index contributed by atoms with van der Waals surface area (Å²) in [5, 5.41) is 7.80. The molecule has 0 aliphatic carbocycles. The molecule has 1 atom stereocenters. The zero-order valence-electron chi connectivity index (χ0n) is 17.8. The van der Waals surface area contributed by atoms with Gasteiger partial charge in [-0.1, -0.05) is 30.3 Å². The third-order valence-corrected chi connectivity index (χ3v) is 5.16. The third kappa shape index (κ3) is 4.85. The molecule has 154 valence electrons. The summed E-state index contributed by atoms with van der Waals surface area (Å²) >= 11 is 0. The Bertz CT molecular complexity index is 930. The van der Waals surface area contributed by atoms with Crippen molar-refractivity contribution in [1.82, 2.24) is 29.5 Å². The van der Waals surface area contributed by atoms with Gasteiger partial charge in [-0.25, -0.2) is 9.78 Å². The van der Waals surface area contributed by atoms with E-state index in [1.54, 1.807) is 17.4 Å². The van der Waals surface area contributed by atoms with Gasteiger partial charge in [-0.2, -0.15) is 5.10 Å². The molecule has 29 heavy (non-hydrogen) atoms. The van der Waals surface area contributed by atoms with Crippen molar-refractivity contribution in [2.45, 2.75) is 52.9 Å². The maximum atomic E-state index is 13.0. The first-order valence-corrected chi connectivity index (χ1v) is 9.93. The van der Waals surface area contributed by atoms with E-state index in [9.17, 15) is 4.79 Å². The number of hydrogen-bond donors (Lipinski definition) is 1. The van der Waals surface area contributed by atoms with Crippen molar-refractivity contribution in [3.8, 4) is 0 Å². The van der Waals surface area contributed by atoms with Crippen LogP contribution < -0.4 is 5.32 Å². The van der Waals surface area contributed by atoms with E-state index in [0.717, 1.165) is 22.5 Å². The molecule has 2 amide bonds. The van der Waals surface area contributed by atoms with Crippen LogP contribution in [0.25, 0.3) is 0 Å². The zero-order valence-corrected chi connectivity index (χ0v) is 17.8. The number of hydrogen-bond acceptors (Lipinski definition) is 3. The Kier molecular flexibility index (Phi) is 6.36. The van der Waals surface area contributed by atoms with Gasteiger partial charge in [-0.3, -0.25) is 4.68 Å². The number of nitrogens with zero attached hydrogens (tertiary/aromatic N) is 5. The molecule has 0 radical (unpaired) electrons. The van der Waals surface area contributed by atoms with Crippen LogP contribution in [0.3, 0.4) is 0 Å². The van der Waals surface area contributed by atoms with Crippen LogP contribution in [0, 0.1) is 13.8 Å². The first-order chi connectivity index (χ1) is 13.9. The summed E-state index contributed by atoms with van der Waals surface area (Å²) in [5.41, 5.74) is 4.23. The van der Waals surface area contributed by atoms with Crippen molar-refractivity contribution in [2.75, 3.05) is 7.05 Å². The Morgan fingerprint density at radius 3 is 2.52 bits per heavy atom. The summed E-state index contributed by atoms with van der Waals surface area (Å²) in [6, 6.07) is 10.0. The van der Waals surface area contributed by atoms with Crippen LogP contribution in [-0.4, -0.2) is 37.3 Å². The molecule has 3 rings (SSSR count). The predicted molar refractivity (Wildman–Crippen MR) is 113 cm³/mol. The highest BCUT2D eigenvalue weighted by atomic mass is 16.2. The van der Waals surface area contributed by atoms with Crippen molar-refractivity contribution in [1.29, 1.82) is 0 Å². The summed E-state index contributed by atoms with van der Waals surface area (Å²) < 4.78 is 3.99. The average molecular weight is 395 g/mol. The normalized spacial score (nSPS) is 12.2. The number of aryl methyl sites for hydroxylation is 1. The van der Waals surface area contributed by atoms with Gasteiger partial charge in [0.1, 0.15) is 0 Å². The number of carbonyl (C=O) groups is 1. The SMILES string of the molecule is Cc1nn(C(C)C)c(C)c1CN(C)C(=O)N[C@@H](Cn1ccnc1)c1ccccc1. The summed E-state index contributed by atoms with van der Waals surface area (Å²) in [7, 11) is 1.82. The van der Waals surface area contributed by atoms with E-state index >= 15 is 0 Å². The Morgan fingerprint density at radius 1 is 1.21 bits per heavy atom. The Balaban J connectivity index is 1.74. The van der Waals surface area contributed by atoms with Gasteiger partial charge in [0, 0.05) is 43.3 Å². The number of imidazole rings is 1. The van der Waals surface area contributed by atoms with E-state index in [4.69, 9.17) is 0 Å². The fourth-order valence-electron chi connectivity index (χ4n) is 3.52. The van der Waals surface area contributed by atoms with Gasteiger partial charge >= 0.3 is 6.03 Å². The molecule has 0 unspecified atom stereocenters. The molecule has 0 fully saturated rings. The standard InChI is InChI=1S/C22H30N6O/c1-16(2)28-18(4)20(17(3)25-28)13-26(5)22(29)24-21(14-27-12-11-23-15-27)19-9-7-6-8-10-19/h6-12,15-16,21H,13-14H2,1-5H3,(H,24,29)/t21-/m0/s1. The number of amides is 2. The van der Waals surface area contributed by atoms with Gasteiger partial charge in [0.05, 0.1) is 24.6 Å². The molecule has 0 aliphatic rings. The van der Waals surface area contributed by atoms with Gasteiger partial charge in [-0.05, 0) is 33.3 Å². The first kappa shape index (κ1) is 20.6. The Hall–Kier alpha value is -3.09. The minimum Gasteiger partial charge on any atom is -0.335 e. The lowest BCUT2D eigenvalue weighted by atomic mass is 10.1. The highest BCUT2D eigenvalue weighted by Gasteiger charge is 2.21. The molecule has 1 aromatic carbocycles. The second kappa shape index (κ2) is 8.94. The molecule has 0 aliphatic heterocycles. The molecule has 0 saturated carbocycles. The van der Waals surface area contributed by atoms with E-state index in [0.29, 0.717) is 19.1 Å². The average Bonchev–Trinajstić information content (AvgIpc) is 3.31. The minimum absolute atomic E-state index is 0.116. The van der Waals surface area contributed by atoms with Gasteiger partial charge in [0.2, 0.25) is 0 Å². The Morgan fingerprint density at radius 2 is 1.93 bits per heavy atom. The van der Waals surface area contributed by atoms with Crippen molar-refractivity contribution < 1.29 is 4.79 Å². The van der Waals surface area contributed by atoms with E-state index in [1.165, 1.54) is 0 Å². The van der Waals surface area contributed by atoms with Crippen LogP contribution in [0.1, 0.15) is 48.4 Å². The summed E-state index contributed by atoms with van der Waals surface area (Å²) in [4.78, 5) is 18.8. The number of rotatable bonds is 7. The molecule has 2 aromatic heterocycles. The molecule has 1 N–H and O–H groups in total. The van der Waals surface area contributed by atoms with E-state index < -0.39 is 0 Å². The zero-order chi connectivity index (χ0) is 21.0. The molecule has 3 aromatic rings. The topological polar surface area (TPSA) is 68.0 Å². The van der Waals surface area contributed by atoms with Gasteiger partial charge < -0.3 is 14.8 Å². The number of nitrogens with one attached hydrogen (secondary N) is 1. The Labute approximate surface area is 172 Å². The lowest BCUT2D eigenvalue weighted by Crippen LogP contribution is -2.40. The molecular formula is C22H30N6O. The lowest BCUT2D eigenvalue weighted by Gasteiger charge is -2.24. The van der Waals surface area contributed by atoms with Crippen LogP contribution >= 0.6 is 0 Å².